The van der Waals surface area contributed by atoms with Crippen LogP contribution in [0.1, 0.15) is 20.9 Å². The number of nitrogens with one attached hydrogen (secondary N) is 1. The number of amides is 1. The van der Waals surface area contributed by atoms with E-state index in [9.17, 15) is 4.79 Å². The van der Waals surface area contributed by atoms with E-state index in [0.29, 0.717) is 6.54 Å². The van der Waals surface area contributed by atoms with E-state index in [1.54, 1.807) is 24.5 Å². The van der Waals surface area contributed by atoms with Crippen molar-refractivity contribution in [2.45, 2.75) is 20.3 Å². The van der Waals surface area contributed by atoms with Crippen molar-refractivity contribution in [2.24, 2.45) is 0 Å². The van der Waals surface area contributed by atoms with Crippen LogP contribution in [-0.4, -0.2) is 19.6 Å². The second-order valence-electron chi connectivity index (χ2n) is 5.14. The van der Waals surface area contributed by atoms with Gasteiger partial charge >= 0.3 is 0 Å². The lowest BCUT2D eigenvalue weighted by atomic mass is 10.1. The minimum absolute atomic E-state index is 0.0716. The first-order valence-electron chi connectivity index (χ1n) is 7.24. The molecule has 0 aliphatic heterocycles. The quantitative estimate of drug-likeness (QED) is 0.825. The molecule has 0 bridgehead atoms. The Morgan fingerprint density at radius 1 is 1.27 bits per heavy atom. The molecule has 0 aliphatic rings. The Morgan fingerprint density at radius 2 is 2.09 bits per heavy atom. The maximum absolute atomic E-state index is 11.8. The number of hydrogen-bond acceptors (Lipinski definition) is 3. The SMILES string of the molecule is COc1ccc(C)cc1CCNC(=O)/C=C/c1ccc(C)s1. The Kier molecular flexibility index (Phi) is 5.78. The van der Waals surface area contributed by atoms with Crippen LogP contribution >= 0.6 is 11.3 Å². The van der Waals surface area contributed by atoms with Crippen LogP contribution in [0.3, 0.4) is 0 Å². The average Bonchev–Trinajstić information content (AvgIpc) is 2.91. The molecule has 1 heterocycles. The van der Waals surface area contributed by atoms with Gasteiger partial charge in [0.2, 0.25) is 5.91 Å². The van der Waals surface area contributed by atoms with Gasteiger partial charge in [0, 0.05) is 22.4 Å². The van der Waals surface area contributed by atoms with Crippen LogP contribution in [0.4, 0.5) is 0 Å². The van der Waals surface area contributed by atoms with E-state index in [4.69, 9.17) is 4.74 Å². The summed E-state index contributed by atoms with van der Waals surface area (Å²) < 4.78 is 5.34. The molecule has 0 aliphatic carbocycles. The second kappa shape index (κ2) is 7.80. The third-order valence-electron chi connectivity index (χ3n) is 3.29. The zero-order valence-electron chi connectivity index (χ0n) is 13.2. The Balaban J connectivity index is 1.84. The van der Waals surface area contributed by atoms with Gasteiger partial charge in [-0.2, -0.15) is 0 Å². The molecule has 2 aromatic rings. The predicted octanol–water partition coefficient (Wildman–Crippen LogP) is 3.75. The first-order chi connectivity index (χ1) is 10.6. The molecule has 0 atom stereocenters. The Bertz CT molecular complexity index is 673. The van der Waals surface area contributed by atoms with Gasteiger partial charge in [0.15, 0.2) is 0 Å². The largest absolute Gasteiger partial charge is 0.496 e. The first-order valence-corrected chi connectivity index (χ1v) is 8.06. The number of methoxy groups -OCH3 is 1. The molecule has 1 amide bonds. The molecule has 0 saturated carbocycles. The number of carbonyl (C=O) groups is 1. The Morgan fingerprint density at radius 3 is 2.77 bits per heavy atom. The van der Waals surface area contributed by atoms with Gasteiger partial charge in [0.05, 0.1) is 7.11 Å². The highest BCUT2D eigenvalue weighted by molar-refractivity contribution is 7.12. The van der Waals surface area contributed by atoms with E-state index >= 15 is 0 Å². The molecule has 0 spiro atoms. The minimum Gasteiger partial charge on any atom is -0.496 e. The minimum atomic E-state index is -0.0716. The maximum Gasteiger partial charge on any atom is 0.244 e. The number of aryl methyl sites for hydroxylation is 2. The zero-order chi connectivity index (χ0) is 15.9. The summed E-state index contributed by atoms with van der Waals surface area (Å²) in [6.45, 7) is 4.69. The molecule has 0 unspecified atom stereocenters. The van der Waals surface area contributed by atoms with Gasteiger partial charge in [-0.05, 0) is 50.1 Å². The van der Waals surface area contributed by atoms with E-state index in [1.165, 1.54) is 10.4 Å². The van der Waals surface area contributed by atoms with Gasteiger partial charge in [-0.15, -0.1) is 11.3 Å². The fourth-order valence-electron chi connectivity index (χ4n) is 2.18. The van der Waals surface area contributed by atoms with E-state index < -0.39 is 0 Å². The van der Waals surface area contributed by atoms with Crippen LogP contribution < -0.4 is 10.1 Å². The summed E-state index contributed by atoms with van der Waals surface area (Å²) in [6.07, 6.45) is 4.18. The van der Waals surface area contributed by atoms with Gasteiger partial charge in [-0.1, -0.05) is 17.7 Å². The summed E-state index contributed by atoms with van der Waals surface area (Å²) in [7, 11) is 1.67. The number of thiophene rings is 1. The van der Waals surface area contributed by atoms with Gasteiger partial charge < -0.3 is 10.1 Å². The smallest absolute Gasteiger partial charge is 0.244 e. The summed E-state index contributed by atoms with van der Waals surface area (Å²) in [5, 5.41) is 2.90. The van der Waals surface area contributed by atoms with Crippen LogP contribution in [0.15, 0.2) is 36.4 Å². The van der Waals surface area contributed by atoms with E-state index in [2.05, 4.69) is 18.3 Å². The number of rotatable bonds is 6. The maximum atomic E-state index is 11.8. The average molecular weight is 315 g/mol. The van der Waals surface area contributed by atoms with Gasteiger partial charge in [0.1, 0.15) is 5.75 Å². The molecule has 0 fully saturated rings. The molecular weight excluding hydrogens is 294 g/mol. The highest BCUT2D eigenvalue weighted by Gasteiger charge is 2.04. The van der Waals surface area contributed by atoms with E-state index in [0.717, 1.165) is 22.6 Å². The van der Waals surface area contributed by atoms with Crippen LogP contribution in [0.25, 0.3) is 6.08 Å². The summed E-state index contributed by atoms with van der Waals surface area (Å²) in [5.74, 6) is 0.794. The molecule has 0 saturated heterocycles. The Labute approximate surface area is 135 Å². The number of carbonyl (C=O) groups excluding carboxylic acids is 1. The third kappa shape index (κ3) is 4.74. The molecule has 1 aromatic carbocycles. The molecule has 1 aromatic heterocycles. The molecular formula is C18H21NO2S. The van der Waals surface area contributed by atoms with Crippen molar-refractivity contribution in [3.05, 3.63) is 57.3 Å². The highest BCUT2D eigenvalue weighted by atomic mass is 32.1. The van der Waals surface area contributed by atoms with Crippen LogP contribution in [0, 0.1) is 13.8 Å². The van der Waals surface area contributed by atoms with Crippen molar-refractivity contribution in [1.29, 1.82) is 0 Å². The fourth-order valence-corrected chi connectivity index (χ4v) is 2.96. The highest BCUT2D eigenvalue weighted by Crippen LogP contribution is 2.19. The summed E-state index contributed by atoms with van der Waals surface area (Å²) in [6, 6.07) is 10.1. The molecule has 3 nitrogen and oxygen atoms in total. The van der Waals surface area contributed by atoms with Crippen molar-refractivity contribution in [3.63, 3.8) is 0 Å². The van der Waals surface area contributed by atoms with E-state index in [1.807, 2.05) is 37.3 Å². The topological polar surface area (TPSA) is 38.3 Å². The predicted molar refractivity (Wildman–Crippen MR) is 92.5 cm³/mol. The second-order valence-corrected chi connectivity index (χ2v) is 6.46. The Hall–Kier alpha value is -2.07. The summed E-state index contributed by atoms with van der Waals surface area (Å²) >= 11 is 1.67. The number of benzene rings is 1. The summed E-state index contributed by atoms with van der Waals surface area (Å²) in [5.41, 5.74) is 2.30. The lowest BCUT2D eigenvalue weighted by Crippen LogP contribution is -2.23. The molecule has 0 radical (unpaired) electrons. The standard InChI is InChI=1S/C18H21NO2S/c1-13-4-8-17(21-3)15(12-13)10-11-19-18(20)9-7-16-6-5-14(2)22-16/h4-9,12H,10-11H2,1-3H3,(H,19,20)/b9-7+. The van der Waals surface area contributed by atoms with Crippen LogP contribution in [0.2, 0.25) is 0 Å². The molecule has 116 valence electrons. The molecule has 22 heavy (non-hydrogen) atoms. The van der Waals surface area contributed by atoms with Gasteiger partial charge in [-0.3, -0.25) is 4.79 Å². The normalized spacial score (nSPS) is 10.9. The number of ether oxygens (including phenoxy) is 1. The monoisotopic (exact) mass is 315 g/mol. The van der Waals surface area contributed by atoms with Gasteiger partial charge in [-0.25, -0.2) is 0 Å². The van der Waals surface area contributed by atoms with Crippen molar-refractivity contribution in [2.75, 3.05) is 13.7 Å². The van der Waals surface area contributed by atoms with Crippen LogP contribution in [0.5, 0.6) is 5.75 Å². The van der Waals surface area contributed by atoms with Crippen molar-refractivity contribution < 1.29 is 9.53 Å². The lowest BCUT2D eigenvalue weighted by Gasteiger charge is -2.09. The van der Waals surface area contributed by atoms with Crippen LogP contribution in [-0.2, 0) is 11.2 Å². The number of hydrogen-bond donors (Lipinski definition) is 1. The fraction of sp³-hybridized carbons (Fsp3) is 0.278. The zero-order valence-corrected chi connectivity index (χ0v) is 14.0. The van der Waals surface area contributed by atoms with Gasteiger partial charge in [0.25, 0.3) is 0 Å². The lowest BCUT2D eigenvalue weighted by molar-refractivity contribution is -0.116. The molecule has 4 heteroatoms. The van der Waals surface area contributed by atoms with Crippen molar-refractivity contribution in [1.82, 2.24) is 5.32 Å². The first kappa shape index (κ1) is 16.3. The molecule has 1 N–H and O–H groups in total. The van der Waals surface area contributed by atoms with Crippen molar-refractivity contribution in [3.8, 4) is 5.75 Å². The summed E-state index contributed by atoms with van der Waals surface area (Å²) in [4.78, 5) is 14.1. The molecule has 2 rings (SSSR count). The van der Waals surface area contributed by atoms with E-state index in [-0.39, 0.29) is 5.91 Å². The third-order valence-corrected chi connectivity index (χ3v) is 4.26. The van der Waals surface area contributed by atoms with Crippen molar-refractivity contribution >= 4 is 23.3 Å².